The highest BCUT2D eigenvalue weighted by Gasteiger charge is 2.43. The second kappa shape index (κ2) is 7.93. The third-order valence-electron chi connectivity index (χ3n) is 3.32. The van der Waals surface area contributed by atoms with E-state index < -0.39 is 36.5 Å². The quantitative estimate of drug-likeness (QED) is 0.622. The van der Waals surface area contributed by atoms with E-state index in [9.17, 15) is 15.3 Å². The summed E-state index contributed by atoms with van der Waals surface area (Å²) >= 11 is 1.31. The van der Waals surface area contributed by atoms with Crippen LogP contribution in [-0.2, 0) is 4.74 Å². The van der Waals surface area contributed by atoms with E-state index in [1.54, 1.807) is 0 Å². The third-order valence-corrected chi connectivity index (χ3v) is 4.42. The van der Waals surface area contributed by atoms with E-state index in [1.807, 2.05) is 42.5 Å². The first kappa shape index (κ1) is 16.5. The monoisotopic (exact) mass is 312 g/mol. The summed E-state index contributed by atoms with van der Waals surface area (Å²) in [7, 11) is 0. The molecule has 1 aliphatic heterocycles. The van der Waals surface area contributed by atoms with Crippen LogP contribution in [0.15, 0.2) is 36.4 Å². The van der Waals surface area contributed by atoms with Crippen molar-refractivity contribution < 1.29 is 25.2 Å². The molecule has 5 nitrogen and oxygen atoms in total. The molecular weight excluding hydrogens is 292 g/mol. The van der Waals surface area contributed by atoms with Gasteiger partial charge in [0, 0.05) is 5.75 Å². The zero-order chi connectivity index (χ0) is 15.2. The Labute approximate surface area is 127 Å². The number of hydrogen-bond acceptors (Lipinski definition) is 6. The molecule has 1 aliphatic rings. The molecule has 0 saturated carbocycles. The highest BCUT2D eigenvalue weighted by Crippen LogP contribution is 2.28. The summed E-state index contributed by atoms with van der Waals surface area (Å²) in [5.74, 6) is 0.581. The lowest BCUT2D eigenvalue weighted by Gasteiger charge is -2.39. The molecule has 4 N–H and O–H groups in total. The summed E-state index contributed by atoms with van der Waals surface area (Å²) in [6.45, 7) is -0.401. The van der Waals surface area contributed by atoms with E-state index in [2.05, 4.69) is 0 Å². The average molecular weight is 312 g/mol. The minimum absolute atomic E-state index is 0.401. The second-order valence-electron chi connectivity index (χ2n) is 4.84. The smallest absolute Gasteiger partial charge is 0.132 e. The van der Waals surface area contributed by atoms with Gasteiger partial charge in [0.25, 0.3) is 0 Å². The maximum Gasteiger partial charge on any atom is 0.132 e. The Morgan fingerprint density at radius 2 is 1.76 bits per heavy atom. The first-order chi connectivity index (χ1) is 10.1. The van der Waals surface area contributed by atoms with Gasteiger partial charge in [-0.3, -0.25) is 0 Å². The maximum absolute atomic E-state index is 9.88. The van der Waals surface area contributed by atoms with Crippen LogP contribution >= 0.6 is 11.8 Å². The summed E-state index contributed by atoms with van der Waals surface area (Å²) in [6.07, 6.45) is -0.761. The Morgan fingerprint density at radius 1 is 1.05 bits per heavy atom. The van der Waals surface area contributed by atoms with Crippen molar-refractivity contribution in [3.8, 4) is 0 Å². The molecule has 21 heavy (non-hydrogen) atoms. The Bertz CT molecular complexity index is 451. The molecule has 1 heterocycles. The summed E-state index contributed by atoms with van der Waals surface area (Å²) in [6, 6.07) is 9.80. The van der Waals surface area contributed by atoms with Crippen LogP contribution in [0.3, 0.4) is 0 Å². The van der Waals surface area contributed by atoms with Crippen LogP contribution in [0.1, 0.15) is 5.56 Å². The molecule has 0 bridgehead atoms. The molecule has 1 aromatic carbocycles. The van der Waals surface area contributed by atoms with Crippen molar-refractivity contribution >= 4 is 17.8 Å². The predicted octanol–water partition coefficient (Wildman–Crippen LogP) is 0.233. The lowest BCUT2D eigenvalue weighted by atomic mass is 10.0. The highest BCUT2D eigenvalue weighted by atomic mass is 32.2. The Balaban J connectivity index is 1.86. The van der Waals surface area contributed by atoms with E-state index >= 15 is 0 Å². The molecule has 1 fully saturated rings. The summed E-state index contributed by atoms with van der Waals surface area (Å²) < 4.78 is 5.40. The van der Waals surface area contributed by atoms with Gasteiger partial charge in [-0.05, 0) is 5.56 Å². The Kier molecular flexibility index (Phi) is 6.22. The van der Waals surface area contributed by atoms with Crippen molar-refractivity contribution in [3.05, 3.63) is 42.0 Å². The van der Waals surface area contributed by atoms with Crippen molar-refractivity contribution in [2.75, 3.05) is 12.4 Å². The molecule has 1 aromatic rings. The standard InChI is InChI=1S/C15H20O5S/c16-9-11-12(17)13(18)14(19)15(20-11)21-8-4-7-10-5-2-1-3-6-10/h1-7,11-19H,8-9H2/t11-,12-,13+,14+,15+/m1/s1. The minimum Gasteiger partial charge on any atom is -0.394 e. The molecule has 0 spiro atoms. The van der Waals surface area contributed by atoms with Gasteiger partial charge in [-0.2, -0.15) is 0 Å². The van der Waals surface area contributed by atoms with Gasteiger partial charge in [0.15, 0.2) is 0 Å². The molecule has 0 amide bonds. The average Bonchev–Trinajstić information content (AvgIpc) is 2.52. The number of hydrogen-bond donors (Lipinski definition) is 4. The molecule has 0 aliphatic carbocycles. The molecule has 2 rings (SSSR count). The first-order valence-corrected chi connectivity index (χ1v) is 7.82. The SMILES string of the molecule is OC[C@H]1O[C@@H](SCC=Cc2ccccc2)[C@@H](O)[C@@H](O)[C@@H]1O. The van der Waals surface area contributed by atoms with Gasteiger partial charge < -0.3 is 25.2 Å². The van der Waals surface area contributed by atoms with Crippen LogP contribution in [0.25, 0.3) is 6.08 Å². The summed E-state index contributed by atoms with van der Waals surface area (Å²) in [5.41, 5.74) is 0.396. The van der Waals surface area contributed by atoms with Crippen LogP contribution in [0.5, 0.6) is 0 Å². The Morgan fingerprint density at radius 3 is 2.43 bits per heavy atom. The molecule has 116 valence electrons. The van der Waals surface area contributed by atoms with Gasteiger partial charge in [-0.1, -0.05) is 42.5 Å². The number of ether oxygens (including phenoxy) is 1. The summed E-state index contributed by atoms with van der Waals surface area (Å²) in [5, 5.41) is 38.3. The van der Waals surface area contributed by atoms with Crippen LogP contribution in [0, 0.1) is 0 Å². The fourth-order valence-corrected chi connectivity index (χ4v) is 3.08. The van der Waals surface area contributed by atoms with Gasteiger partial charge in [-0.25, -0.2) is 0 Å². The first-order valence-electron chi connectivity index (χ1n) is 6.77. The third kappa shape index (κ3) is 4.29. The van der Waals surface area contributed by atoms with Crippen molar-refractivity contribution in [2.24, 2.45) is 0 Å². The van der Waals surface area contributed by atoms with E-state index in [-0.39, 0.29) is 0 Å². The lowest BCUT2D eigenvalue weighted by Crippen LogP contribution is -2.57. The normalized spacial score (nSPS) is 33.4. The van der Waals surface area contributed by atoms with E-state index in [0.717, 1.165) is 5.56 Å². The molecule has 0 aromatic heterocycles. The number of aliphatic hydroxyl groups excluding tert-OH is 4. The fraction of sp³-hybridized carbons (Fsp3) is 0.467. The van der Waals surface area contributed by atoms with Gasteiger partial charge >= 0.3 is 0 Å². The van der Waals surface area contributed by atoms with Crippen molar-refractivity contribution in [2.45, 2.75) is 29.9 Å². The van der Waals surface area contributed by atoms with E-state index in [1.165, 1.54) is 11.8 Å². The highest BCUT2D eigenvalue weighted by molar-refractivity contribution is 7.99. The van der Waals surface area contributed by atoms with E-state index in [4.69, 9.17) is 9.84 Å². The van der Waals surface area contributed by atoms with E-state index in [0.29, 0.717) is 5.75 Å². The lowest BCUT2D eigenvalue weighted by molar-refractivity contribution is -0.205. The number of rotatable bonds is 5. The van der Waals surface area contributed by atoms with Gasteiger partial charge in [0.1, 0.15) is 29.9 Å². The molecule has 5 atom stereocenters. The number of thioether (sulfide) groups is 1. The number of aliphatic hydroxyl groups is 4. The zero-order valence-electron chi connectivity index (χ0n) is 11.4. The van der Waals surface area contributed by atoms with Crippen LogP contribution < -0.4 is 0 Å². The van der Waals surface area contributed by atoms with Crippen LogP contribution in [0.4, 0.5) is 0 Å². The van der Waals surface area contributed by atoms with Crippen molar-refractivity contribution in [1.29, 1.82) is 0 Å². The summed E-state index contributed by atoms with van der Waals surface area (Å²) in [4.78, 5) is 0. The van der Waals surface area contributed by atoms with Gasteiger partial charge in [-0.15, -0.1) is 11.8 Å². The van der Waals surface area contributed by atoms with Crippen molar-refractivity contribution in [1.82, 2.24) is 0 Å². The molecular formula is C15H20O5S. The van der Waals surface area contributed by atoms with Crippen LogP contribution in [-0.4, -0.2) is 62.6 Å². The number of benzene rings is 1. The largest absolute Gasteiger partial charge is 0.394 e. The molecule has 6 heteroatoms. The van der Waals surface area contributed by atoms with Crippen molar-refractivity contribution in [3.63, 3.8) is 0 Å². The molecule has 0 radical (unpaired) electrons. The second-order valence-corrected chi connectivity index (χ2v) is 5.97. The predicted molar refractivity (Wildman–Crippen MR) is 81.7 cm³/mol. The fourth-order valence-electron chi connectivity index (χ4n) is 2.10. The van der Waals surface area contributed by atoms with Crippen LogP contribution in [0.2, 0.25) is 0 Å². The maximum atomic E-state index is 9.88. The molecule has 0 unspecified atom stereocenters. The van der Waals surface area contributed by atoms with Gasteiger partial charge in [0.2, 0.25) is 0 Å². The minimum atomic E-state index is -1.31. The molecule has 1 saturated heterocycles. The topological polar surface area (TPSA) is 90.2 Å². The zero-order valence-corrected chi connectivity index (χ0v) is 12.3. The van der Waals surface area contributed by atoms with Gasteiger partial charge in [0.05, 0.1) is 6.61 Å². The Hall–Kier alpha value is -0.890.